The Balaban J connectivity index is 1.41. The number of aryl methyl sites for hydroxylation is 1. The zero-order valence-corrected chi connectivity index (χ0v) is 21.3. The first-order valence-corrected chi connectivity index (χ1v) is 12.6. The highest BCUT2D eigenvalue weighted by Gasteiger charge is 2.36. The van der Waals surface area contributed by atoms with Crippen molar-refractivity contribution >= 4 is 22.8 Å². The van der Waals surface area contributed by atoms with Crippen molar-refractivity contribution in [3.8, 4) is 5.88 Å². The molecule has 2 atom stereocenters. The van der Waals surface area contributed by atoms with Gasteiger partial charge in [-0.15, -0.1) is 0 Å². The van der Waals surface area contributed by atoms with Crippen LogP contribution in [0.15, 0.2) is 24.3 Å². The number of halogens is 2. The number of fused-ring (bicyclic) bond motifs is 1. The molecule has 1 aromatic carbocycles. The molecule has 8 nitrogen and oxygen atoms in total. The number of hydrogen-bond donors (Lipinski definition) is 2. The SMILES string of the molecule is COc1nc2nc(C)nc(N[C@H](C)c3cccc(C(C)F)c3F)c2cc1[C@H]1C[C@@H](NC(=O)C2COC2)C1. The van der Waals surface area contributed by atoms with Crippen LogP contribution < -0.4 is 15.4 Å². The minimum atomic E-state index is -1.41. The molecule has 1 saturated heterocycles. The minimum Gasteiger partial charge on any atom is -0.481 e. The van der Waals surface area contributed by atoms with Gasteiger partial charge in [-0.05, 0) is 45.6 Å². The highest BCUT2D eigenvalue weighted by molar-refractivity contribution is 5.88. The Morgan fingerprint density at radius 2 is 1.89 bits per heavy atom. The second-order valence-electron chi connectivity index (χ2n) is 9.92. The van der Waals surface area contributed by atoms with Crippen LogP contribution >= 0.6 is 0 Å². The van der Waals surface area contributed by atoms with Crippen LogP contribution in [0.5, 0.6) is 5.88 Å². The lowest BCUT2D eigenvalue weighted by molar-refractivity contribution is -0.140. The molecular weight excluding hydrogens is 480 g/mol. The molecule has 1 amide bonds. The average molecular weight is 512 g/mol. The molecule has 2 fully saturated rings. The van der Waals surface area contributed by atoms with E-state index in [0.29, 0.717) is 47.3 Å². The maximum Gasteiger partial charge on any atom is 0.228 e. The first-order valence-electron chi connectivity index (χ1n) is 12.6. The maximum absolute atomic E-state index is 15.0. The van der Waals surface area contributed by atoms with E-state index in [2.05, 4.69) is 25.6 Å². The normalized spacial score (nSPS) is 21.0. The second-order valence-corrected chi connectivity index (χ2v) is 9.92. The summed E-state index contributed by atoms with van der Waals surface area (Å²) in [5, 5.41) is 7.06. The van der Waals surface area contributed by atoms with E-state index in [1.54, 1.807) is 33.1 Å². The third-order valence-electron chi connectivity index (χ3n) is 7.22. The molecule has 5 rings (SSSR count). The number of hydrogen-bond acceptors (Lipinski definition) is 7. The molecule has 1 unspecified atom stereocenters. The van der Waals surface area contributed by atoms with Crippen LogP contribution in [-0.2, 0) is 9.53 Å². The monoisotopic (exact) mass is 511 g/mol. The summed E-state index contributed by atoms with van der Waals surface area (Å²) >= 11 is 0. The van der Waals surface area contributed by atoms with E-state index in [1.165, 1.54) is 13.0 Å². The third-order valence-corrected chi connectivity index (χ3v) is 7.22. The van der Waals surface area contributed by atoms with Crippen LogP contribution in [0.3, 0.4) is 0 Å². The second kappa shape index (κ2) is 10.2. The third kappa shape index (κ3) is 4.94. The van der Waals surface area contributed by atoms with Crippen molar-refractivity contribution in [1.82, 2.24) is 20.3 Å². The Bertz CT molecular complexity index is 1330. The van der Waals surface area contributed by atoms with E-state index >= 15 is 4.39 Å². The molecule has 2 N–H and O–H groups in total. The van der Waals surface area contributed by atoms with Gasteiger partial charge in [-0.2, -0.15) is 4.98 Å². The quantitative estimate of drug-likeness (QED) is 0.453. The first kappa shape index (κ1) is 25.3. The molecule has 1 aliphatic heterocycles. The van der Waals surface area contributed by atoms with Gasteiger partial charge in [-0.1, -0.05) is 18.2 Å². The number of benzene rings is 1. The molecule has 0 spiro atoms. The van der Waals surface area contributed by atoms with Gasteiger partial charge in [0, 0.05) is 22.7 Å². The van der Waals surface area contributed by atoms with Crippen LogP contribution in [-0.4, -0.2) is 47.2 Å². The number of nitrogens with zero attached hydrogens (tertiary/aromatic N) is 3. The number of alkyl halides is 1. The average Bonchev–Trinajstić information content (AvgIpc) is 2.79. The zero-order valence-electron chi connectivity index (χ0n) is 21.3. The molecule has 1 saturated carbocycles. The van der Waals surface area contributed by atoms with Crippen molar-refractivity contribution in [3.63, 3.8) is 0 Å². The summed E-state index contributed by atoms with van der Waals surface area (Å²) in [6.07, 6.45) is 0.133. The van der Waals surface area contributed by atoms with Gasteiger partial charge in [0.15, 0.2) is 5.65 Å². The van der Waals surface area contributed by atoms with E-state index in [4.69, 9.17) is 9.47 Å². The molecule has 3 heterocycles. The molecule has 10 heteroatoms. The molecule has 0 radical (unpaired) electrons. The van der Waals surface area contributed by atoms with E-state index in [1.807, 2.05) is 6.07 Å². The maximum atomic E-state index is 15.0. The number of pyridine rings is 1. The van der Waals surface area contributed by atoms with Crippen LogP contribution in [0.25, 0.3) is 11.0 Å². The van der Waals surface area contributed by atoms with E-state index in [-0.39, 0.29) is 29.3 Å². The summed E-state index contributed by atoms with van der Waals surface area (Å²) in [6.45, 7) is 5.85. The molecule has 0 bridgehead atoms. The summed E-state index contributed by atoms with van der Waals surface area (Å²) in [7, 11) is 1.57. The largest absolute Gasteiger partial charge is 0.481 e. The molecule has 3 aromatic rings. The van der Waals surface area contributed by atoms with Crippen molar-refractivity contribution in [1.29, 1.82) is 0 Å². The summed E-state index contributed by atoms with van der Waals surface area (Å²) in [6, 6.07) is 6.32. The Hall–Kier alpha value is -3.40. The Morgan fingerprint density at radius 1 is 1.16 bits per heavy atom. The van der Waals surface area contributed by atoms with Crippen LogP contribution in [0.2, 0.25) is 0 Å². The van der Waals surface area contributed by atoms with Crippen molar-refractivity contribution in [2.75, 3.05) is 25.6 Å². The number of anilines is 1. The number of amides is 1. The van der Waals surface area contributed by atoms with Crippen molar-refractivity contribution in [2.24, 2.45) is 5.92 Å². The molecule has 37 heavy (non-hydrogen) atoms. The molecule has 1 aliphatic carbocycles. The summed E-state index contributed by atoms with van der Waals surface area (Å²) in [4.78, 5) is 26.0. The van der Waals surface area contributed by atoms with Crippen LogP contribution in [0, 0.1) is 18.7 Å². The van der Waals surface area contributed by atoms with Crippen molar-refractivity contribution in [2.45, 2.75) is 57.8 Å². The number of carbonyl (C=O) groups excluding carboxylic acids is 1. The van der Waals surface area contributed by atoms with Crippen LogP contribution in [0.1, 0.15) is 67.3 Å². The highest BCUT2D eigenvalue weighted by Crippen LogP contribution is 2.42. The topological polar surface area (TPSA) is 98.3 Å². The number of nitrogens with one attached hydrogen (secondary N) is 2. The summed E-state index contributed by atoms with van der Waals surface area (Å²) in [5.41, 5.74) is 1.75. The summed E-state index contributed by atoms with van der Waals surface area (Å²) in [5.74, 6) is 1.08. The van der Waals surface area contributed by atoms with E-state index < -0.39 is 18.0 Å². The first-order chi connectivity index (χ1) is 17.7. The molecule has 2 aromatic heterocycles. The van der Waals surface area contributed by atoms with Gasteiger partial charge in [-0.3, -0.25) is 4.79 Å². The number of methoxy groups -OCH3 is 1. The smallest absolute Gasteiger partial charge is 0.228 e. The lowest BCUT2D eigenvalue weighted by atomic mass is 9.75. The van der Waals surface area contributed by atoms with Gasteiger partial charge >= 0.3 is 0 Å². The fourth-order valence-electron chi connectivity index (χ4n) is 4.92. The predicted octanol–water partition coefficient (Wildman–Crippen LogP) is 4.69. The van der Waals surface area contributed by atoms with E-state index in [9.17, 15) is 9.18 Å². The van der Waals surface area contributed by atoms with Crippen LogP contribution in [0.4, 0.5) is 14.6 Å². The Morgan fingerprint density at radius 3 is 2.54 bits per heavy atom. The standard InChI is InChI=1S/C27H31F2N5O3/c1-13(28)19-6-5-7-20(23(19)29)14(2)30-24-22-10-21(27(36-4)34-25(22)32-15(3)31-24)16-8-18(9-16)33-26(35)17-11-37-12-17/h5-7,10,13-14,16-18H,8-9,11-12H2,1-4H3,(H,33,35)(H,30,31,32,34)/t13?,14-,16-,18+/m1/s1. The molecule has 196 valence electrons. The number of carbonyl (C=O) groups is 1. The van der Waals surface area contributed by atoms with Crippen molar-refractivity contribution in [3.05, 3.63) is 52.6 Å². The minimum absolute atomic E-state index is 0.0278. The lowest BCUT2D eigenvalue weighted by Gasteiger charge is -2.38. The van der Waals surface area contributed by atoms with E-state index in [0.717, 1.165) is 18.4 Å². The number of aromatic nitrogens is 3. The summed E-state index contributed by atoms with van der Waals surface area (Å²) < 4.78 is 39.6. The van der Waals surface area contributed by atoms with Gasteiger partial charge in [0.2, 0.25) is 11.8 Å². The Labute approximate surface area is 214 Å². The Kier molecular flexibility index (Phi) is 6.94. The van der Waals surface area contributed by atoms with Gasteiger partial charge in [-0.25, -0.2) is 18.7 Å². The van der Waals surface area contributed by atoms with Crippen molar-refractivity contribution < 1.29 is 23.0 Å². The highest BCUT2D eigenvalue weighted by atomic mass is 19.1. The van der Waals surface area contributed by atoms with Gasteiger partial charge in [0.25, 0.3) is 0 Å². The lowest BCUT2D eigenvalue weighted by Crippen LogP contribution is -2.50. The van der Waals surface area contributed by atoms with Gasteiger partial charge in [0.1, 0.15) is 23.6 Å². The molecule has 2 aliphatic rings. The number of ether oxygens (including phenoxy) is 2. The van der Waals surface area contributed by atoms with Gasteiger partial charge < -0.3 is 20.1 Å². The van der Waals surface area contributed by atoms with Gasteiger partial charge in [0.05, 0.1) is 37.7 Å². The fourth-order valence-corrected chi connectivity index (χ4v) is 4.92. The fraction of sp³-hybridized carbons (Fsp3) is 0.481. The molecular formula is C27H31F2N5O3. The predicted molar refractivity (Wildman–Crippen MR) is 135 cm³/mol. The number of rotatable bonds is 8. The zero-order chi connectivity index (χ0) is 26.3.